The van der Waals surface area contributed by atoms with Gasteiger partial charge < -0.3 is 18.3 Å². The van der Waals surface area contributed by atoms with E-state index in [9.17, 15) is 4.79 Å². The fourth-order valence-corrected chi connectivity index (χ4v) is 4.56. The normalized spacial score (nSPS) is 24.5. The molecule has 1 rings (SSSR count). The van der Waals surface area contributed by atoms with Gasteiger partial charge in [-0.2, -0.15) is 0 Å². The molecule has 1 heterocycles. The second-order valence-corrected chi connectivity index (χ2v) is 20.1. The van der Waals surface area contributed by atoms with Crippen LogP contribution in [0.3, 0.4) is 0 Å². The van der Waals surface area contributed by atoms with Crippen LogP contribution in [-0.2, 0) is 23.1 Å². The molecule has 0 aromatic rings. The molecule has 0 spiro atoms. The van der Waals surface area contributed by atoms with Gasteiger partial charge in [0.15, 0.2) is 22.7 Å². The lowest BCUT2D eigenvalue weighted by atomic mass is 10.1. The Bertz CT molecular complexity index is 544. The Balaban J connectivity index is 3.05. The predicted octanol–water partition coefficient (Wildman–Crippen LogP) is 5.24. The SMILES string of the molecule is CC(=O)O[C@@H]1C=CO[C@H](CO[Si](C)(C)C(C)(C)C)[C@@H]1O[Si](C)(C)C(C)(C)C. The molecule has 7 heteroatoms. The summed E-state index contributed by atoms with van der Waals surface area (Å²) in [6.07, 6.45) is 2.24. The van der Waals surface area contributed by atoms with Crippen LogP contribution in [0, 0.1) is 0 Å². The quantitative estimate of drug-likeness (QED) is 0.437. The van der Waals surface area contributed by atoms with Gasteiger partial charge in [0, 0.05) is 6.92 Å². The van der Waals surface area contributed by atoms with E-state index >= 15 is 0 Å². The zero-order chi connectivity index (χ0) is 21.3. The lowest BCUT2D eigenvalue weighted by molar-refractivity contribution is -0.155. The number of esters is 1. The van der Waals surface area contributed by atoms with Crippen LogP contribution in [0.4, 0.5) is 0 Å². The predicted molar refractivity (Wildman–Crippen MR) is 115 cm³/mol. The number of carbonyl (C=O) groups is 1. The largest absolute Gasteiger partial charge is 0.493 e. The smallest absolute Gasteiger partial charge is 0.303 e. The highest BCUT2D eigenvalue weighted by atomic mass is 28.4. The summed E-state index contributed by atoms with van der Waals surface area (Å²) in [6, 6.07) is 0. The number of hydrogen-bond acceptors (Lipinski definition) is 5. The fourth-order valence-electron chi connectivity index (χ4n) is 2.22. The molecule has 0 aromatic carbocycles. The maximum atomic E-state index is 11.6. The minimum atomic E-state index is -2.09. The lowest BCUT2D eigenvalue weighted by Crippen LogP contribution is -2.55. The molecule has 0 aliphatic carbocycles. The maximum absolute atomic E-state index is 11.6. The average Bonchev–Trinajstić information content (AvgIpc) is 2.44. The molecule has 158 valence electrons. The molecule has 27 heavy (non-hydrogen) atoms. The van der Waals surface area contributed by atoms with E-state index < -0.39 is 22.7 Å². The summed E-state index contributed by atoms with van der Waals surface area (Å²) in [7, 11) is -4.01. The monoisotopic (exact) mass is 416 g/mol. The second-order valence-electron chi connectivity index (χ2n) is 10.5. The fraction of sp³-hybridized carbons (Fsp3) is 0.850. The molecule has 0 saturated heterocycles. The van der Waals surface area contributed by atoms with Crippen molar-refractivity contribution in [1.82, 2.24) is 0 Å². The van der Waals surface area contributed by atoms with E-state index in [1.165, 1.54) is 6.92 Å². The number of rotatable bonds is 6. The van der Waals surface area contributed by atoms with Crippen LogP contribution in [-0.4, -0.2) is 47.5 Å². The first-order valence-corrected chi connectivity index (χ1v) is 15.6. The molecule has 0 aromatic heterocycles. The minimum Gasteiger partial charge on any atom is -0.493 e. The Morgan fingerprint density at radius 1 is 1.00 bits per heavy atom. The molecule has 3 atom stereocenters. The second kappa shape index (κ2) is 8.39. The molecule has 5 nitrogen and oxygen atoms in total. The Kier molecular flexibility index (Phi) is 7.58. The standard InChI is InChI=1S/C20H40O5Si2/c1-15(21)24-16-12-13-22-17(14-23-26(8,9)19(2,3)4)18(16)25-27(10,11)20(5,6)7/h12-13,16-18H,14H2,1-11H3/t16-,17-,18-/m1/s1. The van der Waals surface area contributed by atoms with E-state index in [0.717, 1.165) is 0 Å². The first kappa shape index (κ1) is 24.4. The van der Waals surface area contributed by atoms with Gasteiger partial charge in [-0.1, -0.05) is 41.5 Å². The Morgan fingerprint density at radius 3 is 1.96 bits per heavy atom. The summed E-state index contributed by atoms with van der Waals surface area (Å²) in [5.74, 6) is -0.320. The van der Waals surface area contributed by atoms with Crippen molar-refractivity contribution in [3.05, 3.63) is 12.3 Å². The molecular formula is C20H40O5Si2. The van der Waals surface area contributed by atoms with Gasteiger partial charge >= 0.3 is 5.97 Å². The Labute approximate surface area is 168 Å². The number of carbonyl (C=O) groups excluding carboxylic acids is 1. The molecule has 0 amide bonds. The van der Waals surface area contributed by atoms with E-state index in [0.29, 0.717) is 6.61 Å². The first-order chi connectivity index (χ1) is 12.0. The van der Waals surface area contributed by atoms with Crippen LogP contribution in [0.25, 0.3) is 0 Å². The maximum Gasteiger partial charge on any atom is 0.303 e. The average molecular weight is 417 g/mol. The molecule has 0 radical (unpaired) electrons. The van der Waals surface area contributed by atoms with Gasteiger partial charge in [0.1, 0.15) is 12.2 Å². The van der Waals surface area contributed by atoms with Gasteiger partial charge in [0.05, 0.1) is 12.9 Å². The number of ether oxygens (including phenoxy) is 2. The summed E-state index contributed by atoms with van der Waals surface area (Å²) in [5.41, 5.74) is 0. The van der Waals surface area contributed by atoms with E-state index in [1.54, 1.807) is 12.3 Å². The summed E-state index contributed by atoms with van der Waals surface area (Å²) < 4.78 is 24.5. The minimum absolute atomic E-state index is 0.0414. The Hall–Kier alpha value is -0.636. The third-order valence-electron chi connectivity index (χ3n) is 6.17. The molecule has 0 bridgehead atoms. The van der Waals surface area contributed by atoms with Gasteiger partial charge in [0.25, 0.3) is 0 Å². The van der Waals surface area contributed by atoms with E-state index in [4.69, 9.17) is 18.3 Å². The van der Waals surface area contributed by atoms with Crippen LogP contribution in [0.2, 0.25) is 36.3 Å². The molecule has 0 saturated carbocycles. The van der Waals surface area contributed by atoms with E-state index in [2.05, 4.69) is 67.7 Å². The van der Waals surface area contributed by atoms with Gasteiger partial charge in [-0.3, -0.25) is 4.79 Å². The number of hydrogen-bond donors (Lipinski definition) is 0. The summed E-state index contributed by atoms with van der Waals surface area (Å²) in [6.45, 7) is 23.9. The van der Waals surface area contributed by atoms with Crippen molar-refractivity contribution < 1.29 is 23.1 Å². The van der Waals surface area contributed by atoms with Gasteiger partial charge in [0.2, 0.25) is 0 Å². The van der Waals surface area contributed by atoms with Crippen LogP contribution in [0.5, 0.6) is 0 Å². The summed E-state index contributed by atoms with van der Waals surface area (Å²) in [4.78, 5) is 11.6. The van der Waals surface area contributed by atoms with Crippen molar-refractivity contribution in [2.45, 2.75) is 103 Å². The highest BCUT2D eigenvalue weighted by Crippen LogP contribution is 2.40. The van der Waals surface area contributed by atoms with Gasteiger partial charge in [-0.05, 0) is 42.3 Å². The van der Waals surface area contributed by atoms with Crippen molar-refractivity contribution in [2.24, 2.45) is 0 Å². The van der Waals surface area contributed by atoms with Crippen LogP contribution in [0.1, 0.15) is 48.5 Å². The van der Waals surface area contributed by atoms with Gasteiger partial charge in [-0.25, -0.2) is 0 Å². The van der Waals surface area contributed by atoms with Crippen LogP contribution < -0.4 is 0 Å². The summed E-state index contributed by atoms with van der Waals surface area (Å²) in [5, 5.41) is 0.155. The van der Waals surface area contributed by atoms with Crippen molar-refractivity contribution >= 4 is 22.6 Å². The highest BCUT2D eigenvalue weighted by molar-refractivity contribution is 6.74. The zero-order valence-electron chi connectivity index (χ0n) is 19.1. The van der Waals surface area contributed by atoms with Gasteiger partial charge in [-0.15, -0.1) is 0 Å². The third-order valence-corrected chi connectivity index (χ3v) is 15.1. The lowest BCUT2D eigenvalue weighted by Gasteiger charge is -2.44. The Morgan fingerprint density at radius 2 is 1.52 bits per heavy atom. The van der Waals surface area contributed by atoms with Crippen LogP contribution in [0.15, 0.2) is 12.3 Å². The molecule has 0 N–H and O–H groups in total. The molecule has 1 aliphatic rings. The zero-order valence-corrected chi connectivity index (χ0v) is 21.1. The summed E-state index contributed by atoms with van der Waals surface area (Å²) >= 11 is 0. The topological polar surface area (TPSA) is 54.0 Å². The molecule has 1 aliphatic heterocycles. The van der Waals surface area contributed by atoms with Crippen molar-refractivity contribution in [1.29, 1.82) is 0 Å². The van der Waals surface area contributed by atoms with Crippen molar-refractivity contribution in [3.8, 4) is 0 Å². The van der Waals surface area contributed by atoms with Crippen LogP contribution >= 0.6 is 0 Å². The first-order valence-electron chi connectivity index (χ1n) is 9.79. The van der Waals surface area contributed by atoms with Crippen molar-refractivity contribution in [2.75, 3.05) is 6.61 Å². The molecular weight excluding hydrogens is 376 g/mol. The third kappa shape index (κ3) is 6.44. The van der Waals surface area contributed by atoms with Crippen molar-refractivity contribution in [3.63, 3.8) is 0 Å². The van der Waals surface area contributed by atoms with E-state index in [1.807, 2.05) is 0 Å². The molecule has 0 unspecified atom stereocenters. The molecule has 0 fully saturated rings. The van der Waals surface area contributed by atoms with E-state index in [-0.39, 0.29) is 28.3 Å². The highest BCUT2D eigenvalue weighted by Gasteiger charge is 2.46.